The molecule has 32 heavy (non-hydrogen) atoms. The van der Waals surface area contributed by atoms with Gasteiger partial charge < -0.3 is 20.6 Å². The Labute approximate surface area is 185 Å². The van der Waals surface area contributed by atoms with Crippen LogP contribution in [0.3, 0.4) is 0 Å². The van der Waals surface area contributed by atoms with Crippen molar-refractivity contribution in [3.63, 3.8) is 0 Å². The third-order valence-corrected chi connectivity index (χ3v) is 5.80. The number of nitrogens with one attached hydrogen (secondary N) is 3. The van der Waals surface area contributed by atoms with Gasteiger partial charge in [-0.2, -0.15) is 0 Å². The summed E-state index contributed by atoms with van der Waals surface area (Å²) in [5, 5.41) is 17.6. The average molecular weight is 445 g/mol. The Bertz CT molecular complexity index is 961. The Balaban J connectivity index is 1.56. The van der Waals surface area contributed by atoms with Crippen molar-refractivity contribution >= 4 is 17.7 Å². The molecular weight excluding hydrogens is 417 g/mol. The molecule has 2 atom stereocenters. The monoisotopic (exact) mass is 445 g/mol. The van der Waals surface area contributed by atoms with Crippen LogP contribution >= 0.6 is 0 Å². The predicted molar refractivity (Wildman–Crippen MR) is 113 cm³/mol. The van der Waals surface area contributed by atoms with Crippen LogP contribution in [0.5, 0.6) is 0 Å². The Morgan fingerprint density at radius 2 is 2.00 bits per heavy atom. The Morgan fingerprint density at radius 1 is 1.28 bits per heavy atom. The van der Waals surface area contributed by atoms with E-state index in [1.165, 1.54) is 16.0 Å². The summed E-state index contributed by atoms with van der Waals surface area (Å²) in [5.41, 5.74) is 2.93. The van der Waals surface area contributed by atoms with Gasteiger partial charge >= 0.3 is 0 Å². The Hall–Kier alpha value is -3.14. The maximum absolute atomic E-state index is 13.9. The zero-order valence-electron chi connectivity index (χ0n) is 18.1. The highest BCUT2D eigenvalue weighted by molar-refractivity contribution is 6.19. The normalized spacial score (nSPS) is 22.9. The Kier molecular flexibility index (Phi) is 6.05. The molecule has 0 bridgehead atoms. The van der Waals surface area contributed by atoms with E-state index in [-0.39, 0.29) is 36.5 Å². The molecule has 1 saturated heterocycles. The highest BCUT2D eigenvalue weighted by Gasteiger charge is 2.52. The first-order valence-corrected chi connectivity index (χ1v) is 10.9. The number of carbonyl (C=O) groups excluding carboxylic acids is 3. The fraction of sp³-hybridized carbons (Fsp3) is 0.500. The fourth-order valence-corrected chi connectivity index (χ4v) is 4.06. The Morgan fingerprint density at radius 3 is 2.66 bits per heavy atom. The van der Waals surface area contributed by atoms with Crippen molar-refractivity contribution in [2.75, 3.05) is 13.1 Å². The number of rotatable bonds is 7. The van der Waals surface area contributed by atoms with Gasteiger partial charge in [0.15, 0.2) is 5.57 Å². The first kappa shape index (κ1) is 22.1. The second kappa shape index (κ2) is 8.78. The fourth-order valence-electron chi connectivity index (χ4n) is 4.06. The van der Waals surface area contributed by atoms with Crippen molar-refractivity contribution in [2.24, 2.45) is 11.8 Å². The molecule has 1 aliphatic carbocycles. The van der Waals surface area contributed by atoms with Crippen molar-refractivity contribution in [2.45, 2.75) is 45.4 Å². The number of nitrogens with zero attached hydrogens (tertiary/aromatic N) is 2. The highest BCUT2D eigenvalue weighted by Crippen LogP contribution is 2.32. The first-order valence-electron chi connectivity index (χ1n) is 10.9. The van der Waals surface area contributed by atoms with Crippen LogP contribution in [-0.4, -0.2) is 58.0 Å². The van der Waals surface area contributed by atoms with E-state index in [1.807, 2.05) is 13.8 Å². The van der Waals surface area contributed by atoms with Crippen molar-refractivity contribution < 1.29 is 23.9 Å². The molecule has 10 heteroatoms. The topological polar surface area (TPSA) is 114 Å². The average Bonchev–Trinajstić information content (AvgIpc) is 3.44. The van der Waals surface area contributed by atoms with Crippen molar-refractivity contribution in [3.8, 4) is 0 Å². The van der Waals surface area contributed by atoms with E-state index in [9.17, 15) is 23.9 Å². The molecule has 4 N–H and O–H groups in total. The van der Waals surface area contributed by atoms with Gasteiger partial charge in [0.05, 0.1) is 5.92 Å². The number of carbonyl (C=O) groups is 3. The predicted octanol–water partition coefficient (Wildman–Crippen LogP) is 0.751. The third kappa shape index (κ3) is 4.27. The summed E-state index contributed by atoms with van der Waals surface area (Å²) < 4.78 is 13.9. The number of hydrogen-bond donors (Lipinski definition) is 4. The minimum absolute atomic E-state index is 0.00369. The highest BCUT2D eigenvalue weighted by atomic mass is 19.1. The van der Waals surface area contributed by atoms with E-state index in [2.05, 4.69) is 16.1 Å². The van der Waals surface area contributed by atoms with E-state index in [1.54, 1.807) is 18.2 Å². The SMILES string of the molecule is CC(C)CN1C(O)=C(C(=O)NC2CC2)C(=O)N2NCC(C(=O)NCc3ccccc3F)C12. The van der Waals surface area contributed by atoms with Gasteiger partial charge in [-0.1, -0.05) is 32.0 Å². The molecular formula is C22H28FN5O4. The molecule has 0 aromatic heterocycles. The second-order valence-electron chi connectivity index (χ2n) is 8.86. The summed E-state index contributed by atoms with van der Waals surface area (Å²) >= 11 is 0. The molecule has 2 heterocycles. The van der Waals surface area contributed by atoms with Crippen molar-refractivity contribution in [1.29, 1.82) is 0 Å². The molecule has 1 aromatic carbocycles. The van der Waals surface area contributed by atoms with Crippen LogP contribution in [-0.2, 0) is 20.9 Å². The van der Waals surface area contributed by atoms with E-state index in [4.69, 9.17) is 0 Å². The number of aliphatic hydroxyl groups excluding tert-OH is 1. The van der Waals surface area contributed by atoms with Crippen LogP contribution in [0.2, 0.25) is 0 Å². The molecule has 0 radical (unpaired) electrons. The van der Waals surface area contributed by atoms with Gasteiger partial charge in [-0.25, -0.2) is 14.8 Å². The summed E-state index contributed by atoms with van der Waals surface area (Å²) in [6.07, 6.45) is 0.889. The maximum atomic E-state index is 13.9. The van der Waals surface area contributed by atoms with E-state index >= 15 is 0 Å². The number of aliphatic hydroxyl groups is 1. The van der Waals surface area contributed by atoms with E-state index in [0.717, 1.165) is 12.8 Å². The summed E-state index contributed by atoms with van der Waals surface area (Å²) in [6, 6.07) is 6.19. The standard InChI is InChI=1S/C22H28FN5O4/c1-12(2)11-27-20-15(18(29)24-9-13-5-3-4-6-16(13)23)10-25-28(20)22(32)17(21(27)31)19(30)26-14-7-8-14/h3-6,12,14-15,20,25,31H,7-11H2,1-2H3,(H,24,29)(H,26,30). The van der Waals surface area contributed by atoms with Gasteiger partial charge in [0, 0.05) is 31.2 Å². The molecule has 172 valence electrons. The maximum Gasteiger partial charge on any atom is 0.280 e. The number of halogens is 1. The van der Waals surface area contributed by atoms with E-state index < -0.39 is 35.6 Å². The van der Waals surface area contributed by atoms with Gasteiger partial charge in [0.1, 0.15) is 12.0 Å². The number of amides is 3. The largest absolute Gasteiger partial charge is 0.494 e. The van der Waals surface area contributed by atoms with Gasteiger partial charge in [-0.15, -0.1) is 0 Å². The molecule has 2 aliphatic heterocycles. The van der Waals surface area contributed by atoms with Gasteiger partial charge in [0.2, 0.25) is 11.8 Å². The lowest BCUT2D eigenvalue weighted by Crippen LogP contribution is -2.60. The molecule has 4 rings (SSSR count). The van der Waals surface area contributed by atoms with Crippen LogP contribution < -0.4 is 16.1 Å². The van der Waals surface area contributed by atoms with Gasteiger partial charge in [0.25, 0.3) is 11.8 Å². The number of benzene rings is 1. The summed E-state index contributed by atoms with van der Waals surface area (Å²) in [7, 11) is 0. The minimum Gasteiger partial charge on any atom is -0.494 e. The zero-order valence-corrected chi connectivity index (χ0v) is 18.1. The lowest BCUT2D eigenvalue weighted by atomic mass is 10.0. The third-order valence-electron chi connectivity index (χ3n) is 5.80. The zero-order chi connectivity index (χ0) is 23.0. The van der Waals surface area contributed by atoms with Crippen LogP contribution in [0.1, 0.15) is 32.3 Å². The number of fused-ring (bicyclic) bond motifs is 1. The lowest BCUT2D eigenvalue weighted by Gasteiger charge is -2.42. The van der Waals surface area contributed by atoms with Crippen molar-refractivity contribution in [1.82, 2.24) is 26.0 Å². The molecule has 0 spiro atoms. The number of hydrazine groups is 1. The summed E-state index contributed by atoms with van der Waals surface area (Å²) in [4.78, 5) is 40.2. The van der Waals surface area contributed by atoms with Crippen LogP contribution in [0.15, 0.2) is 35.7 Å². The molecule has 2 unspecified atom stereocenters. The van der Waals surface area contributed by atoms with Crippen LogP contribution in [0.25, 0.3) is 0 Å². The quantitative estimate of drug-likeness (QED) is 0.461. The second-order valence-corrected chi connectivity index (χ2v) is 8.86. The van der Waals surface area contributed by atoms with Gasteiger partial charge in [-0.3, -0.25) is 14.4 Å². The molecule has 3 aliphatic rings. The lowest BCUT2D eigenvalue weighted by molar-refractivity contribution is -0.144. The smallest absolute Gasteiger partial charge is 0.280 e. The summed E-state index contributed by atoms with van der Waals surface area (Å²) in [6.45, 7) is 4.35. The van der Waals surface area contributed by atoms with Crippen LogP contribution in [0.4, 0.5) is 4.39 Å². The molecule has 2 fully saturated rings. The first-order chi connectivity index (χ1) is 15.3. The van der Waals surface area contributed by atoms with E-state index in [0.29, 0.717) is 12.1 Å². The molecule has 1 saturated carbocycles. The number of hydrogen-bond acceptors (Lipinski definition) is 6. The van der Waals surface area contributed by atoms with Crippen molar-refractivity contribution in [3.05, 3.63) is 47.1 Å². The minimum atomic E-state index is -0.803. The molecule has 3 amide bonds. The van der Waals surface area contributed by atoms with Gasteiger partial charge in [-0.05, 0) is 24.8 Å². The molecule has 1 aromatic rings. The molecule has 9 nitrogen and oxygen atoms in total. The van der Waals surface area contributed by atoms with Crippen LogP contribution in [0, 0.1) is 17.7 Å². The summed E-state index contributed by atoms with van der Waals surface area (Å²) in [5.74, 6) is -3.14.